The average Bonchev–Trinajstić information content (AvgIpc) is 2.72. The Morgan fingerprint density at radius 2 is 1.68 bits per heavy atom. The van der Waals surface area contributed by atoms with E-state index >= 15 is 0 Å². The summed E-state index contributed by atoms with van der Waals surface area (Å²) in [6.07, 6.45) is 25.0. The minimum atomic E-state index is 0.660. The van der Waals surface area contributed by atoms with Gasteiger partial charge < -0.3 is 0 Å². The van der Waals surface area contributed by atoms with E-state index in [1.54, 1.807) is 11.1 Å². The Kier molecular flexibility index (Phi) is 3.87. The average molecular weight is 252 g/mol. The SMILES string of the molecule is CC1C=CC1C(C1=CC=CCC1)C1=CC=CCCC1. The molecule has 3 aliphatic carbocycles. The van der Waals surface area contributed by atoms with Gasteiger partial charge >= 0.3 is 0 Å². The fraction of sp³-hybridized carbons (Fsp3) is 0.474. The Morgan fingerprint density at radius 3 is 2.32 bits per heavy atom. The van der Waals surface area contributed by atoms with Crippen LogP contribution in [0.25, 0.3) is 0 Å². The fourth-order valence-corrected chi connectivity index (χ4v) is 3.54. The number of allylic oxidation sites excluding steroid dienone is 10. The summed E-state index contributed by atoms with van der Waals surface area (Å²) in [4.78, 5) is 0. The summed E-state index contributed by atoms with van der Waals surface area (Å²) in [7, 11) is 0. The zero-order valence-electron chi connectivity index (χ0n) is 11.9. The zero-order chi connectivity index (χ0) is 13.1. The summed E-state index contributed by atoms with van der Waals surface area (Å²) in [5.74, 6) is 2.13. The van der Waals surface area contributed by atoms with Crippen molar-refractivity contribution in [1.29, 1.82) is 0 Å². The van der Waals surface area contributed by atoms with Crippen LogP contribution in [0.3, 0.4) is 0 Å². The highest BCUT2D eigenvalue weighted by Gasteiger charge is 2.33. The molecular weight excluding hydrogens is 228 g/mol. The summed E-state index contributed by atoms with van der Waals surface area (Å²) in [6, 6.07) is 0. The van der Waals surface area contributed by atoms with E-state index in [0.29, 0.717) is 5.92 Å². The Morgan fingerprint density at radius 1 is 0.947 bits per heavy atom. The van der Waals surface area contributed by atoms with Crippen molar-refractivity contribution < 1.29 is 0 Å². The first-order valence-corrected chi connectivity index (χ1v) is 7.76. The van der Waals surface area contributed by atoms with Gasteiger partial charge in [-0.15, -0.1) is 0 Å². The molecule has 0 heterocycles. The Labute approximate surface area is 117 Å². The van der Waals surface area contributed by atoms with Gasteiger partial charge in [-0.3, -0.25) is 0 Å². The summed E-state index contributed by atoms with van der Waals surface area (Å²) < 4.78 is 0. The number of hydrogen-bond acceptors (Lipinski definition) is 0. The van der Waals surface area contributed by atoms with E-state index < -0.39 is 0 Å². The molecule has 3 aliphatic rings. The molecule has 0 aliphatic heterocycles. The van der Waals surface area contributed by atoms with Crippen LogP contribution in [0, 0.1) is 17.8 Å². The molecule has 100 valence electrons. The van der Waals surface area contributed by atoms with E-state index in [1.807, 2.05) is 0 Å². The summed E-state index contributed by atoms with van der Waals surface area (Å²) in [5.41, 5.74) is 3.32. The minimum Gasteiger partial charge on any atom is -0.0847 e. The third-order valence-electron chi connectivity index (χ3n) is 4.76. The van der Waals surface area contributed by atoms with Crippen molar-refractivity contribution in [2.24, 2.45) is 17.8 Å². The van der Waals surface area contributed by atoms with Crippen molar-refractivity contribution in [3.05, 3.63) is 59.8 Å². The lowest BCUT2D eigenvalue weighted by atomic mass is 9.67. The lowest BCUT2D eigenvalue weighted by Gasteiger charge is -2.37. The Hall–Kier alpha value is -1.30. The molecule has 0 spiro atoms. The Balaban J connectivity index is 1.89. The molecule has 0 aromatic rings. The third kappa shape index (κ3) is 2.68. The van der Waals surface area contributed by atoms with Crippen molar-refractivity contribution >= 4 is 0 Å². The lowest BCUT2D eigenvalue weighted by molar-refractivity contribution is 0.364. The molecule has 0 amide bonds. The van der Waals surface area contributed by atoms with E-state index in [9.17, 15) is 0 Å². The fourth-order valence-electron chi connectivity index (χ4n) is 3.54. The molecule has 0 N–H and O–H groups in total. The predicted octanol–water partition coefficient (Wildman–Crippen LogP) is 5.37. The van der Waals surface area contributed by atoms with Crippen LogP contribution in [-0.2, 0) is 0 Å². The molecule has 0 saturated heterocycles. The van der Waals surface area contributed by atoms with Gasteiger partial charge in [0.1, 0.15) is 0 Å². The van der Waals surface area contributed by atoms with Gasteiger partial charge in [-0.25, -0.2) is 0 Å². The maximum atomic E-state index is 2.43. The maximum Gasteiger partial charge on any atom is 0.00816 e. The highest BCUT2D eigenvalue weighted by molar-refractivity contribution is 5.34. The number of hydrogen-bond donors (Lipinski definition) is 0. The summed E-state index contributed by atoms with van der Waals surface area (Å²) >= 11 is 0. The van der Waals surface area contributed by atoms with Crippen LogP contribution in [0.5, 0.6) is 0 Å². The van der Waals surface area contributed by atoms with E-state index in [0.717, 1.165) is 11.8 Å². The van der Waals surface area contributed by atoms with Crippen molar-refractivity contribution in [3.63, 3.8) is 0 Å². The molecule has 0 aromatic heterocycles. The van der Waals surface area contributed by atoms with Crippen LogP contribution < -0.4 is 0 Å². The lowest BCUT2D eigenvalue weighted by Crippen LogP contribution is -2.28. The zero-order valence-corrected chi connectivity index (χ0v) is 11.9. The summed E-state index contributed by atoms with van der Waals surface area (Å²) in [6.45, 7) is 2.37. The van der Waals surface area contributed by atoms with Crippen LogP contribution in [0.1, 0.15) is 39.0 Å². The van der Waals surface area contributed by atoms with E-state index in [1.165, 1.54) is 32.1 Å². The largest absolute Gasteiger partial charge is 0.0847 e. The van der Waals surface area contributed by atoms with E-state index in [4.69, 9.17) is 0 Å². The van der Waals surface area contributed by atoms with Crippen molar-refractivity contribution in [3.8, 4) is 0 Å². The van der Waals surface area contributed by atoms with Crippen molar-refractivity contribution in [1.82, 2.24) is 0 Å². The topological polar surface area (TPSA) is 0 Å². The number of rotatable bonds is 3. The van der Waals surface area contributed by atoms with Gasteiger partial charge in [-0.2, -0.15) is 0 Å². The molecule has 0 radical (unpaired) electrons. The van der Waals surface area contributed by atoms with Gasteiger partial charge in [-0.1, -0.05) is 66.7 Å². The molecule has 0 bridgehead atoms. The van der Waals surface area contributed by atoms with Crippen LogP contribution in [0.2, 0.25) is 0 Å². The second-order valence-electron chi connectivity index (χ2n) is 6.07. The Bertz CT molecular complexity index is 470. The van der Waals surface area contributed by atoms with Gasteiger partial charge in [0.05, 0.1) is 0 Å². The molecule has 0 aromatic carbocycles. The van der Waals surface area contributed by atoms with Gasteiger partial charge in [0.2, 0.25) is 0 Å². The monoisotopic (exact) mass is 252 g/mol. The first kappa shape index (κ1) is 12.7. The highest BCUT2D eigenvalue weighted by atomic mass is 14.4. The minimum absolute atomic E-state index is 0.660. The summed E-state index contributed by atoms with van der Waals surface area (Å²) in [5, 5.41) is 0. The molecule has 3 unspecified atom stereocenters. The quantitative estimate of drug-likeness (QED) is 0.592. The molecule has 0 nitrogen and oxygen atoms in total. The molecule has 0 fully saturated rings. The molecule has 3 rings (SSSR count). The first-order valence-electron chi connectivity index (χ1n) is 7.76. The van der Waals surface area contributed by atoms with Gasteiger partial charge in [0.25, 0.3) is 0 Å². The van der Waals surface area contributed by atoms with Crippen LogP contribution in [0.4, 0.5) is 0 Å². The predicted molar refractivity (Wildman–Crippen MR) is 82.8 cm³/mol. The smallest absolute Gasteiger partial charge is 0.00816 e. The van der Waals surface area contributed by atoms with Crippen LogP contribution >= 0.6 is 0 Å². The van der Waals surface area contributed by atoms with E-state index in [2.05, 4.69) is 55.5 Å². The van der Waals surface area contributed by atoms with Crippen molar-refractivity contribution in [2.75, 3.05) is 0 Å². The van der Waals surface area contributed by atoms with Crippen LogP contribution in [0.15, 0.2) is 59.8 Å². The van der Waals surface area contributed by atoms with Crippen LogP contribution in [-0.4, -0.2) is 0 Å². The second-order valence-corrected chi connectivity index (χ2v) is 6.07. The van der Waals surface area contributed by atoms with Gasteiger partial charge in [-0.05, 0) is 43.9 Å². The second kappa shape index (κ2) is 5.77. The molecule has 0 heteroatoms. The standard InChI is InChI=1S/C19H24/c1-15-13-14-18(15)19(17-11-7-4-8-12-17)16-9-5-2-3-6-10-16/h2,4-5,7,9,11,13-15,18-19H,3,6,8,10,12H2,1H3. The highest BCUT2D eigenvalue weighted by Crippen LogP contribution is 2.43. The van der Waals surface area contributed by atoms with Gasteiger partial charge in [0.15, 0.2) is 0 Å². The third-order valence-corrected chi connectivity index (χ3v) is 4.76. The molecular formula is C19H24. The molecule has 3 atom stereocenters. The molecule has 19 heavy (non-hydrogen) atoms. The molecule has 0 saturated carbocycles. The maximum absolute atomic E-state index is 2.43. The normalized spacial score (nSPS) is 31.2. The van der Waals surface area contributed by atoms with Gasteiger partial charge in [0, 0.05) is 5.92 Å². The van der Waals surface area contributed by atoms with Crippen molar-refractivity contribution in [2.45, 2.75) is 39.0 Å². The van der Waals surface area contributed by atoms with E-state index in [-0.39, 0.29) is 0 Å². The first-order chi connectivity index (χ1) is 9.36.